The molecule has 6 nitrogen and oxygen atoms in total. The maximum atomic E-state index is 11.5. The van der Waals surface area contributed by atoms with Crippen LogP contribution in [0.2, 0.25) is 0 Å². The number of methoxy groups -OCH3 is 1. The van der Waals surface area contributed by atoms with E-state index < -0.39 is 12.1 Å². The molecule has 1 aromatic carbocycles. The lowest BCUT2D eigenvalue weighted by Gasteiger charge is -2.05. The zero-order chi connectivity index (χ0) is 13.1. The van der Waals surface area contributed by atoms with Gasteiger partial charge in [-0.1, -0.05) is 0 Å². The monoisotopic (exact) mass is 246 g/mol. The van der Waals surface area contributed by atoms with Crippen LogP contribution in [0.3, 0.4) is 0 Å². The van der Waals surface area contributed by atoms with Crippen LogP contribution in [-0.4, -0.2) is 36.7 Å². The third-order valence-electron chi connectivity index (χ3n) is 2.48. The van der Waals surface area contributed by atoms with Crippen LogP contribution in [0, 0.1) is 11.3 Å². The molecular weight excluding hydrogens is 236 g/mol. The van der Waals surface area contributed by atoms with Crippen LogP contribution in [0.15, 0.2) is 24.3 Å². The van der Waals surface area contributed by atoms with Crippen molar-refractivity contribution in [2.24, 2.45) is 0 Å². The Labute approximate surface area is 103 Å². The largest absolute Gasteiger partial charge is 0.465 e. The summed E-state index contributed by atoms with van der Waals surface area (Å²) in [5.74, 6) is -0.139. The second kappa shape index (κ2) is 4.75. The van der Waals surface area contributed by atoms with Gasteiger partial charge in [-0.05, 0) is 24.3 Å². The second-order valence-electron chi connectivity index (χ2n) is 3.68. The average molecular weight is 246 g/mol. The minimum atomic E-state index is -0.563. The van der Waals surface area contributed by atoms with Gasteiger partial charge in [-0.25, -0.2) is 9.59 Å². The maximum absolute atomic E-state index is 11.5. The highest BCUT2D eigenvalue weighted by atomic mass is 16.6. The molecule has 1 fully saturated rings. The van der Waals surface area contributed by atoms with E-state index in [0.717, 1.165) is 0 Å². The van der Waals surface area contributed by atoms with Gasteiger partial charge in [0.15, 0.2) is 0 Å². The Morgan fingerprint density at radius 2 is 2.06 bits per heavy atom. The second-order valence-corrected chi connectivity index (χ2v) is 3.68. The Bertz CT molecular complexity index is 518. The first kappa shape index (κ1) is 11.9. The predicted octanol–water partition coefficient (Wildman–Crippen LogP) is 1.18. The molecule has 0 aromatic heterocycles. The van der Waals surface area contributed by atoms with Crippen molar-refractivity contribution in [3.8, 4) is 11.8 Å². The highest BCUT2D eigenvalue weighted by Crippen LogP contribution is 2.20. The van der Waals surface area contributed by atoms with Crippen molar-refractivity contribution in [3.63, 3.8) is 0 Å². The molecule has 1 unspecified atom stereocenters. The summed E-state index contributed by atoms with van der Waals surface area (Å²) < 4.78 is 9.57. The van der Waals surface area contributed by atoms with E-state index in [0.29, 0.717) is 17.9 Å². The van der Waals surface area contributed by atoms with Gasteiger partial charge in [-0.2, -0.15) is 5.26 Å². The van der Waals surface area contributed by atoms with E-state index in [9.17, 15) is 9.59 Å². The molecule has 18 heavy (non-hydrogen) atoms. The SMILES string of the molecule is COC(=O)c1ccc(OC(=O)N2CC2C#N)cc1. The average Bonchev–Trinajstić information content (AvgIpc) is 3.18. The third kappa shape index (κ3) is 2.40. The number of nitriles is 1. The number of rotatable bonds is 2. The van der Waals surface area contributed by atoms with E-state index in [1.165, 1.54) is 36.3 Å². The molecule has 1 heterocycles. The summed E-state index contributed by atoms with van der Waals surface area (Å²) in [4.78, 5) is 24.0. The zero-order valence-electron chi connectivity index (χ0n) is 9.62. The van der Waals surface area contributed by atoms with E-state index in [2.05, 4.69) is 4.74 Å². The van der Waals surface area contributed by atoms with Gasteiger partial charge < -0.3 is 9.47 Å². The maximum Gasteiger partial charge on any atom is 0.416 e. The van der Waals surface area contributed by atoms with Gasteiger partial charge >= 0.3 is 12.1 Å². The molecule has 1 aliphatic rings. The van der Waals surface area contributed by atoms with Crippen LogP contribution in [0.4, 0.5) is 4.79 Å². The Kier molecular flexibility index (Phi) is 3.15. The van der Waals surface area contributed by atoms with Gasteiger partial charge in [-0.3, -0.25) is 4.90 Å². The lowest BCUT2D eigenvalue weighted by Crippen LogP contribution is -2.17. The Morgan fingerprint density at radius 3 is 2.56 bits per heavy atom. The van der Waals surface area contributed by atoms with Gasteiger partial charge in [0.2, 0.25) is 0 Å². The van der Waals surface area contributed by atoms with E-state index in [1.54, 1.807) is 0 Å². The molecule has 0 bridgehead atoms. The summed E-state index contributed by atoms with van der Waals surface area (Å²) in [7, 11) is 1.29. The minimum absolute atomic E-state index is 0.316. The van der Waals surface area contributed by atoms with E-state index in [4.69, 9.17) is 10.00 Å². The van der Waals surface area contributed by atoms with Gasteiger partial charge in [-0.15, -0.1) is 0 Å². The van der Waals surface area contributed by atoms with Crippen molar-refractivity contribution in [1.29, 1.82) is 5.26 Å². The molecule has 1 amide bonds. The third-order valence-corrected chi connectivity index (χ3v) is 2.48. The molecule has 0 aliphatic carbocycles. The number of benzene rings is 1. The van der Waals surface area contributed by atoms with Gasteiger partial charge in [0.1, 0.15) is 11.8 Å². The molecule has 0 saturated carbocycles. The summed E-state index contributed by atoms with van der Waals surface area (Å²) in [6.45, 7) is 0.398. The number of carbonyl (C=O) groups is 2. The highest BCUT2D eigenvalue weighted by molar-refractivity contribution is 5.89. The van der Waals surface area contributed by atoms with Crippen molar-refractivity contribution in [2.75, 3.05) is 13.7 Å². The van der Waals surface area contributed by atoms with Crippen LogP contribution in [0.5, 0.6) is 5.75 Å². The van der Waals surface area contributed by atoms with Crippen molar-refractivity contribution >= 4 is 12.1 Å². The van der Waals surface area contributed by atoms with Gasteiger partial charge in [0.05, 0.1) is 25.3 Å². The number of amides is 1. The first-order valence-electron chi connectivity index (χ1n) is 5.22. The zero-order valence-corrected chi connectivity index (χ0v) is 9.62. The van der Waals surface area contributed by atoms with Crippen molar-refractivity contribution in [2.45, 2.75) is 6.04 Å². The molecule has 0 radical (unpaired) electrons. The van der Waals surface area contributed by atoms with E-state index in [-0.39, 0.29) is 6.04 Å². The number of nitrogens with zero attached hydrogens (tertiary/aromatic N) is 2. The smallest absolute Gasteiger partial charge is 0.416 e. The standard InChI is InChI=1S/C12H10N2O4/c1-17-11(15)8-2-4-10(5-3-8)18-12(16)14-7-9(14)6-13/h2-5,9H,7H2,1H3. The van der Waals surface area contributed by atoms with Crippen LogP contribution < -0.4 is 4.74 Å². The summed E-state index contributed by atoms with van der Waals surface area (Å²) in [6, 6.07) is 7.56. The normalized spacial score (nSPS) is 16.7. The fourth-order valence-corrected chi connectivity index (χ4v) is 1.39. The molecule has 92 valence electrons. The molecule has 1 atom stereocenters. The van der Waals surface area contributed by atoms with Crippen LogP contribution in [0.1, 0.15) is 10.4 Å². The van der Waals surface area contributed by atoms with Crippen molar-refractivity contribution in [3.05, 3.63) is 29.8 Å². The lowest BCUT2D eigenvalue weighted by atomic mass is 10.2. The topological polar surface area (TPSA) is 79.4 Å². The van der Waals surface area contributed by atoms with Gasteiger partial charge in [0.25, 0.3) is 0 Å². The summed E-state index contributed by atoms with van der Waals surface area (Å²) in [5, 5.41) is 8.57. The molecule has 0 spiro atoms. The molecule has 1 aromatic rings. The van der Waals surface area contributed by atoms with E-state index >= 15 is 0 Å². The Morgan fingerprint density at radius 1 is 1.39 bits per heavy atom. The number of esters is 1. The minimum Gasteiger partial charge on any atom is -0.465 e. The molecule has 6 heteroatoms. The molecule has 1 saturated heterocycles. The van der Waals surface area contributed by atoms with Crippen molar-refractivity contribution < 1.29 is 19.1 Å². The number of ether oxygens (including phenoxy) is 2. The van der Waals surface area contributed by atoms with Crippen LogP contribution >= 0.6 is 0 Å². The quantitative estimate of drug-likeness (QED) is 0.578. The van der Waals surface area contributed by atoms with Crippen molar-refractivity contribution in [1.82, 2.24) is 4.90 Å². The summed E-state index contributed by atoms with van der Waals surface area (Å²) >= 11 is 0. The first-order valence-corrected chi connectivity index (χ1v) is 5.22. The van der Waals surface area contributed by atoms with Crippen LogP contribution in [-0.2, 0) is 4.74 Å². The van der Waals surface area contributed by atoms with E-state index in [1.807, 2.05) is 6.07 Å². The molecule has 1 aliphatic heterocycles. The molecule has 0 N–H and O–H groups in total. The summed E-state index contributed by atoms with van der Waals surface area (Å²) in [6.07, 6.45) is -0.563. The Balaban J connectivity index is 1.97. The Hall–Kier alpha value is -2.55. The van der Waals surface area contributed by atoms with Gasteiger partial charge in [0, 0.05) is 0 Å². The molecular formula is C12H10N2O4. The van der Waals surface area contributed by atoms with Crippen LogP contribution in [0.25, 0.3) is 0 Å². The number of hydrogen-bond donors (Lipinski definition) is 0. The number of hydrogen-bond acceptors (Lipinski definition) is 5. The lowest BCUT2D eigenvalue weighted by molar-refractivity contribution is 0.0600. The number of carbonyl (C=O) groups excluding carboxylic acids is 2. The first-order chi connectivity index (χ1) is 8.65. The molecule has 2 rings (SSSR count). The predicted molar refractivity (Wildman–Crippen MR) is 59.9 cm³/mol. The fraction of sp³-hybridized carbons (Fsp3) is 0.250. The highest BCUT2D eigenvalue weighted by Gasteiger charge is 2.40. The summed E-state index contributed by atoms with van der Waals surface area (Å²) in [5.41, 5.74) is 0.374. The fourth-order valence-electron chi connectivity index (χ4n) is 1.39.